The molecule has 8 heteroatoms. The zero-order chi connectivity index (χ0) is 22.5. The first-order valence-corrected chi connectivity index (χ1v) is 11.7. The third kappa shape index (κ3) is 4.81. The Bertz CT molecular complexity index is 1080. The van der Waals surface area contributed by atoms with Gasteiger partial charge < -0.3 is 24.3 Å². The minimum atomic E-state index is -0.0528. The van der Waals surface area contributed by atoms with Gasteiger partial charge >= 0.3 is 0 Å². The first-order valence-electron chi connectivity index (χ1n) is 10.9. The molecule has 1 fully saturated rings. The largest absolute Gasteiger partial charge is 0.497 e. The average molecular weight is 456 g/mol. The van der Waals surface area contributed by atoms with Crippen LogP contribution in [0.5, 0.6) is 5.75 Å². The van der Waals surface area contributed by atoms with Crippen molar-refractivity contribution in [1.29, 1.82) is 0 Å². The van der Waals surface area contributed by atoms with Crippen LogP contribution in [-0.4, -0.2) is 61.7 Å². The van der Waals surface area contributed by atoms with E-state index < -0.39 is 0 Å². The minimum absolute atomic E-state index is 0.0227. The number of benzene rings is 1. The lowest BCUT2D eigenvalue weighted by atomic mass is 9.95. The van der Waals surface area contributed by atoms with Crippen LogP contribution < -0.4 is 10.1 Å². The van der Waals surface area contributed by atoms with E-state index in [1.54, 1.807) is 25.6 Å². The van der Waals surface area contributed by atoms with Gasteiger partial charge in [-0.2, -0.15) is 0 Å². The second-order valence-electron chi connectivity index (χ2n) is 8.00. The molecule has 0 aliphatic carbocycles. The predicted molar refractivity (Wildman–Crippen MR) is 125 cm³/mol. The number of thiophene rings is 1. The lowest BCUT2D eigenvalue weighted by Gasteiger charge is -2.31. The highest BCUT2D eigenvalue weighted by Crippen LogP contribution is 2.29. The molecule has 0 atom stereocenters. The number of rotatable bonds is 8. The zero-order valence-corrected chi connectivity index (χ0v) is 19.3. The summed E-state index contributed by atoms with van der Waals surface area (Å²) in [5, 5.41) is 6.04. The van der Waals surface area contributed by atoms with E-state index in [2.05, 4.69) is 21.3 Å². The normalized spacial score (nSPS) is 14.6. The molecule has 1 aliphatic heterocycles. The third-order valence-electron chi connectivity index (χ3n) is 5.95. The minimum Gasteiger partial charge on any atom is -0.497 e. The Morgan fingerprint density at radius 2 is 1.97 bits per heavy atom. The Morgan fingerprint density at radius 3 is 2.72 bits per heavy atom. The van der Waals surface area contributed by atoms with E-state index in [0.29, 0.717) is 51.3 Å². The van der Waals surface area contributed by atoms with Gasteiger partial charge in [0.1, 0.15) is 16.3 Å². The molecule has 3 heterocycles. The van der Waals surface area contributed by atoms with Crippen LogP contribution in [0.1, 0.15) is 28.9 Å². The molecule has 2 amide bonds. The summed E-state index contributed by atoms with van der Waals surface area (Å²) in [4.78, 5) is 28.7. The van der Waals surface area contributed by atoms with Gasteiger partial charge in [0.15, 0.2) is 0 Å². The van der Waals surface area contributed by atoms with Crippen LogP contribution in [0.25, 0.3) is 10.2 Å². The molecule has 0 bridgehead atoms. The molecule has 0 saturated carbocycles. The molecular formula is C24H29N3O4S. The highest BCUT2D eigenvalue weighted by molar-refractivity contribution is 7.16. The summed E-state index contributed by atoms with van der Waals surface area (Å²) in [5.74, 6) is 0.823. The Labute approximate surface area is 191 Å². The fraction of sp³-hybridized carbons (Fsp3) is 0.417. The number of carbonyl (C=O) groups is 2. The zero-order valence-electron chi connectivity index (χ0n) is 18.5. The van der Waals surface area contributed by atoms with Crippen molar-refractivity contribution in [1.82, 2.24) is 14.8 Å². The molecular weight excluding hydrogens is 426 g/mol. The molecule has 0 radical (unpaired) electrons. The topological polar surface area (TPSA) is 72.8 Å². The standard InChI is InChI=1S/C24H29N3O4S/c1-30-12-9-25-22(28)18-6-10-26(11-7-18)23(29)21-15-19-8-13-32-24(19)27(21)16-17-4-3-5-20(14-17)31-2/h3-5,8,13-15,18H,6-7,9-12,16H2,1-2H3,(H,25,28). The van der Waals surface area contributed by atoms with E-state index in [1.165, 1.54) is 0 Å². The first-order chi connectivity index (χ1) is 15.6. The van der Waals surface area contributed by atoms with E-state index in [0.717, 1.165) is 21.5 Å². The fourth-order valence-corrected chi connectivity index (χ4v) is 5.09. The Morgan fingerprint density at radius 1 is 1.16 bits per heavy atom. The number of nitrogens with zero attached hydrogens (tertiary/aromatic N) is 2. The highest BCUT2D eigenvalue weighted by atomic mass is 32.1. The predicted octanol–water partition coefficient (Wildman–Crippen LogP) is 3.37. The molecule has 170 valence electrons. The Hall–Kier alpha value is -2.84. The number of hydrogen-bond acceptors (Lipinski definition) is 5. The van der Waals surface area contributed by atoms with Crippen LogP contribution in [0.3, 0.4) is 0 Å². The number of carbonyl (C=O) groups excluding carboxylic acids is 2. The quantitative estimate of drug-likeness (QED) is 0.529. The molecule has 1 aliphatic rings. The SMILES string of the molecule is COCCNC(=O)C1CCN(C(=O)c2cc3ccsc3n2Cc2cccc(OC)c2)CC1. The van der Waals surface area contributed by atoms with Crippen molar-refractivity contribution >= 4 is 33.4 Å². The van der Waals surface area contributed by atoms with Gasteiger partial charge in [-0.05, 0) is 48.1 Å². The Balaban J connectivity index is 1.48. The lowest BCUT2D eigenvalue weighted by molar-refractivity contribution is -0.126. The molecule has 4 rings (SSSR count). The maximum absolute atomic E-state index is 13.5. The number of fused-ring (bicyclic) bond motifs is 1. The molecule has 1 aromatic carbocycles. The molecule has 7 nitrogen and oxygen atoms in total. The van der Waals surface area contributed by atoms with Crippen LogP contribution >= 0.6 is 11.3 Å². The van der Waals surface area contributed by atoms with E-state index in [-0.39, 0.29) is 17.7 Å². The third-order valence-corrected chi connectivity index (χ3v) is 6.91. The number of hydrogen-bond donors (Lipinski definition) is 1. The summed E-state index contributed by atoms with van der Waals surface area (Å²) >= 11 is 1.64. The van der Waals surface area contributed by atoms with Gasteiger partial charge in [-0.3, -0.25) is 9.59 Å². The fourth-order valence-electron chi connectivity index (χ4n) is 4.19. The van der Waals surface area contributed by atoms with Gasteiger partial charge in [0.05, 0.1) is 13.7 Å². The summed E-state index contributed by atoms with van der Waals surface area (Å²) in [6.07, 6.45) is 1.35. The summed E-state index contributed by atoms with van der Waals surface area (Å²) in [7, 11) is 3.27. The van der Waals surface area contributed by atoms with Crippen LogP contribution in [0.4, 0.5) is 0 Å². The van der Waals surface area contributed by atoms with E-state index >= 15 is 0 Å². The summed E-state index contributed by atoms with van der Waals surface area (Å²) in [6, 6.07) is 12.0. The van der Waals surface area contributed by atoms with Crippen molar-refractivity contribution in [3.05, 3.63) is 53.0 Å². The van der Waals surface area contributed by atoms with Crippen molar-refractivity contribution in [3.63, 3.8) is 0 Å². The van der Waals surface area contributed by atoms with Gasteiger partial charge in [0.25, 0.3) is 5.91 Å². The summed E-state index contributed by atoms with van der Waals surface area (Å²) in [5.41, 5.74) is 1.77. The van der Waals surface area contributed by atoms with E-state index in [4.69, 9.17) is 9.47 Å². The van der Waals surface area contributed by atoms with Crippen LogP contribution in [0.2, 0.25) is 0 Å². The van der Waals surface area contributed by atoms with Gasteiger partial charge in [-0.15, -0.1) is 11.3 Å². The van der Waals surface area contributed by atoms with Gasteiger partial charge in [0.2, 0.25) is 5.91 Å². The molecule has 0 unspecified atom stereocenters. The average Bonchev–Trinajstić information content (AvgIpc) is 3.41. The van der Waals surface area contributed by atoms with E-state index in [1.807, 2.05) is 35.2 Å². The second kappa shape index (κ2) is 10.2. The number of nitrogens with one attached hydrogen (secondary N) is 1. The highest BCUT2D eigenvalue weighted by Gasteiger charge is 2.29. The lowest BCUT2D eigenvalue weighted by Crippen LogP contribution is -2.44. The summed E-state index contributed by atoms with van der Waals surface area (Å²) < 4.78 is 12.4. The monoisotopic (exact) mass is 455 g/mol. The van der Waals surface area contributed by atoms with Crippen LogP contribution in [0, 0.1) is 5.92 Å². The van der Waals surface area contributed by atoms with Gasteiger partial charge in [-0.25, -0.2) is 0 Å². The number of likely N-dealkylation sites (tertiary alicyclic amines) is 1. The first kappa shape index (κ1) is 22.4. The maximum Gasteiger partial charge on any atom is 0.270 e. The van der Waals surface area contributed by atoms with Crippen molar-refractivity contribution in [2.24, 2.45) is 5.92 Å². The van der Waals surface area contributed by atoms with Crippen molar-refractivity contribution in [2.45, 2.75) is 19.4 Å². The van der Waals surface area contributed by atoms with Crippen LogP contribution in [0.15, 0.2) is 41.8 Å². The van der Waals surface area contributed by atoms with Crippen LogP contribution in [-0.2, 0) is 16.1 Å². The summed E-state index contributed by atoms with van der Waals surface area (Å²) in [6.45, 7) is 2.78. The molecule has 2 aromatic heterocycles. The number of amides is 2. The number of ether oxygens (including phenoxy) is 2. The smallest absolute Gasteiger partial charge is 0.270 e. The number of methoxy groups -OCH3 is 2. The molecule has 3 aromatic rings. The number of aromatic nitrogens is 1. The molecule has 1 saturated heterocycles. The maximum atomic E-state index is 13.5. The van der Waals surface area contributed by atoms with E-state index in [9.17, 15) is 9.59 Å². The van der Waals surface area contributed by atoms with Gasteiger partial charge in [-0.1, -0.05) is 12.1 Å². The number of piperidine rings is 1. The van der Waals surface area contributed by atoms with Crippen molar-refractivity contribution in [3.8, 4) is 5.75 Å². The molecule has 32 heavy (non-hydrogen) atoms. The van der Waals surface area contributed by atoms with Crippen molar-refractivity contribution in [2.75, 3.05) is 40.5 Å². The molecule has 1 N–H and O–H groups in total. The second-order valence-corrected chi connectivity index (χ2v) is 8.89. The molecule has 0 spiro atoms. The van der Waals surface area contributed by atoms with Gasteiger partial charge in [0, 0.05) is 44.6 Å². The van der Waals surface area contributed by atoms with Crippen molar-refractivity contribution < 1.29 is 19.1 Å². The Kier molecular flexibility index (Phi) is 7.12.